The lowest BCUT2D eigenvalue weighted by Crippen LogP contribution is -2.13. The van der Waals surface area contributed by atoms with Gasteiger partial charge >= 0.3 is 0 Å². The van der Waals surface area contributed by atoms with Crippen molar-refractivity contribution >= 4 is 11.6 Å². The molecule has 0 aliphatic heterocycles. The molecule has 0 saturated heterocycles. The van der Waals surface area contributed by atoms with Gasteiger partial charge in [0.15, 0.2) is 5.82 Å². The summed E-state index contributed by atoms with van der Waals surface area (Å²) < 4.78 is 0. The number of pyridine rings is 1. The van der Waals surface area contributed by atoms with Crippen LogP contribution in [0.5, 0.6) is 0 Å². The first-order chi connectivity index (χ1) is 9.83. The average Bonchev–Trinajstić information content (AvgIpc) is 3.03. The van der Waals surface area contributed by atoms with E-state index in [4.69, 9.17) is 0 Å². The number of hydrogen-bond donors (Lipinski definition) is 2. The van der Waals surface area contributed by atoms with Gasteiger partial charge in [0, 0.05) is 36.0 Å². The third kappa shape index (κ3) is 2.56. The molecule has 0 spiro atoms. The fourth-order valence-corrected chi connectivity index (χ4v) is 1.89. The van der Waals surface area contributed by atoms with Crippen LogP contribution < -0.4 is 5.32 Å². The minimum Gasteiger partial charge on any atom is -0.341 e. The third-order valence-corrected chi connectivity index (χ3v) is 2.83. The maximum absolute atomic E-state index is 11.9. The van der Waals surface area contributed by atoms with E-state index in [1.165, 1.54) is 0 Å². The third-order valence-electron chi connectivity index (χ3n) is 2.83. The Kier molecular flexibility index (Phi) is 3.24. The number of aromatic nitrogens is 3. The molecular formula is C15H12N4O. The summed E-state index contributed by atoms with van der Waals surface area (Å²) in [7, 11) is 0. The lowest BCUT2D eigenvalue weighted by Gasteiger charge is -2.06. The van der Waals surface area contributed by atoms with Crippen LogP contribution in [0.1, 0.15) is 10.6 Å². The molecular weight excluding hydrogens is 252 g/mol. The largest absolute Gasteiger partial charge is 0.341 e. The highest BCUT2D eigenvalue weighted by Gasteiger charge is 2.08. The maximum Gasteiger partial charge on any atom is 0.291 e. The van der Waals surface area contributed by atoms with Crippen molar-refractivity contribution in [2.24, 2.45) is 0 Å². The minimum absolute atomic E-state index is 0.265. The summed E-state index contributed by atoms with van der Waals surface area (Å²) in [6.07, 6.45) is 6.67. The Labute approximate surface area is 115 Å². The SMILES string of the molecule is O=C(Nc1cccc(-c2cccnc2)c1)c1ncc[nH]1. The van der Waals surface area contributed by atoms with Crippen molar-refractivity contribution in [3.8, 4) is 11.1 Å². The maximum atomic E-state index is 11.9. The van der Waals surface area contributed by atoms with Gasteiger partial charge in [0.1, 0.15) is 0 Å². The second-order valence-electron chi connectivity index (χ2n) is 4.21. The van der Waals surface area contributed by atoms with E-state index in [2.05, 4.69) is 20.3 Å². The Balaban J connectivity index is 1.83. The second-order valence-corrected chi connectivity index (χ2v) is 4.21. The van der Waals surface area contributed by atoms with Gasteiger partial charge in [0.25, 0.3) is 5.91 Å². The van der Waals surface area contributed by atoms with Crippen LogP contribution in [-0.4, -0.2) is 20.9 Å². The van der Waals surface area contributed by atoms with Crippen molar-refractivity contribution in [2.75, 3.05) is 5.32 Å². The van der Waals surface area contributed by atoms with Crippen LogP contribution in [0.25, 0.3) is 11.1 Å². The molecule has 1 amide bonds. The molecule has 3 aromatic rings. The Morgan fingerprint density at radius 1 is 1.10 bits per heavy atom. The minimum atomic E-state index is -0.265. The van der Waals surface area contributed by atoms with Crippen molar-refractivity contribution in [3.05, 3.63) is 67.0 Å². The fourth-order valence-electron chi connectivity index (χ4n) is 1.89. The van der Waals surface area contributed by atoms with E-state index in [1.807, 2.05) is 36.4 Å². The number of nitrogens with one attached hydrogen (secondary N) is 2. The molecule has 20 heavy (non-hydrogen) atoms. The molecule has 98 valence electrons. The Morgan fingerprint density at radius 3 is 2.75 bits per heavy atom. The van der Waals surface area contributed by atoms with E-state index < -0.39 is 0 Å². The molecule has 1 aromatic carbocycles. The summed E-state index contributed by atoms with van der Waals surface area (Å²) in [6.45, 7) is 0. The number of carbonyl (C=O) groups is 1. The molecule has 0 fully saturated rings. The molecule has 3 rings (SSSR count). The standard InChI is InChI=1S/C15H12N4O/c20-15(14-17-7-8-18-14)19-13-5-1-3-11(9-13)12-4-2-6-16-10-12/h1-10H,(H,17,18)(H,19,20). The first-order valence-electron chi connectivity index (χ1n) is 6.14. The zero-order valence-electron chi connectivity index (χ0n) is 10.6. The van der Waals surface area contributed by atoms with Gasteiger partial charge in [-0.3, -0.25) is 9.78 Å². The molecule has 0 aliphatic rings. The zero-order chi connectivity index (χ0) is 13.8. The fraction of sp³-hybridized carbons (Fsp3) is 0. The molecule has 0 radical (unpaired) electrons. The molecule has 0 unspecified atom stereocenters. The molecule has 2 heterocycles. The van der Waals surface area contributed by atoms with Crippen molar-refractivity contribution in [1.82, 2.24) is 15.0 Å². The number of H-pyrrole nitrogens is 1. The average molecular weight is 264 g/mol. The lowest BCUT2D eigenvalue weighted by molar-refractivity contribution is 0.101. The highest BCUT2D eigenvalue weighted by atomic mass is 16.2. The first kappa shape index (κ1) is 12.1. The van der Waals surface area contributed by atoms with E-state index >= 15 is 0 Å². The summed E-state index contributed by atoms with van der Waals surface area (Å²) in [5, 5.41) is 2.80. The number of rotatable bonds is 3. The predicted molar refractivity (Wildman–Crippen MR) is 76.2 cm³/mol. The predicted octanol–water partition coefficient (Wildman–Crippen LogP) is 2.72. The molecule has 0 bridgehead atoms. The van der Waals surface area contributed by atoms with Crippen molar-refractivity contribution in [1.29, 1.82) is 0 Å². The van der Waals surface area contributed by atoms with Crippen LogP contribution in [0, 0.1) is 0 Å². The number of benzene rings is 1. The number of amides is 1. The first-order valence-corrected chi connectivity index (χ1v) is 6.14. The van der Waals surface area contributed by atoms with Gasteiger partial charge < -0.3 is 10.3 Å². The molecule has 2 N–H and O–H groups in total. The number of aromatic amines is 1. The molecule has 0 atom stereocenters. The Hall–Kier alpha value is -2.95. The van der Waals surface area contributed by atoms with Crippen LogP contribution in [-0.2, 0) is 0 Å². The van der Waals surface area contributed by atoms with Crippen LogP contribution >= 0.6 is 0 Å². The van der Waals surface area contributed by atoms with Gasteiger partial charge in [-0.1, -0.05) is 18.2 Å². The number of imidazole rings is 1. The summed E-state index contributed by atoms with van der Waals surface area (Å²) in [4.78, 5) is 22.7. The summed E-state index contributed by atoms with van der Waals surface area (Å²) >= 11 is 0. The van der Waals surface area contributed by atoms with Gasteiger partial charge in [-0.05, 0) is 23.8 Å². The summed E-state index contributed by atoms with van der Waals surface area (Å²) in [6, 6.07) is 11.4. The monoisotopic (exact) mass is 264 g/mol. The van der Waals surface area contributed by atoms with E-state index in [-0.39, 0.29) is 11.7 Å². The number of nitrogens with zero attached hydrogens (tertiary/aromatic N) is 2. The number of carbonyl (C=O) groups excluding carboxylic acids is 1. The van der Waals surface area contributed by atoms with Crippen molar-refractivity contribution in [3.63, 3.8) is 0 Å². The molecule has 5 nitrogen and oxygen atoms in total. The van der Waals surface area contributed by atoms with E-state index in [0.717, 1.165) is 11.1 Å². The van der Waals surface area contributed by atoms with Gasteiger partial charge in [-0.2, -0.15) is 0 Å². The van der Waals surface area contributed by atoms with Crippen LogP contribution in [0.15, 0.2) is 61.2 Å². The normalized spacial score (nSPS) is 10.2. The number of anilines is 1. The van der Waals surface area contributed by atoms with Gasteiger partial charge in [0.05, 0.1) is 0 Å². The van der Waals surface area contributed by atoms with Gasteiger partial charge in [-0.25, -0.2) is 4.98 Å². The Morgan fingerprint density at radius 2 is 2.00 bits per heavy atom. The van der Waals surface area contributed by atoms with E-state index in [0.29, 0.717) is 5.69 Å². The molecule has 0 saturated carbocycles. The molecule has 2 aromatic heterocycles. The zero-order valence-corrected chi connectivity index (χ0v) is 10.6. The molecule has 0 aliphatic carbocycles. The smallest absolute Gasteiger partial charge is 0.291 e. The van der Waals surface area contributed by atoms with Crippen LogP contribution in [0.2, 0.25) is 0 Å². The summed E-state index contributed by atoms with van der Waals surface area (Å²) in [5.41, 5.74) is 2.71. The Bertz CT molecular complexity index is 708. The second kappa shape index (κ2) is 5.36. The summed E-state index contributed by atoms with van der Waals surface area (Å²) in [5.74, 6) is 0.0233. The topological polar surface area (TPSA) is 70.7 Å². The number of hydrogen-bond acceptors (Lipinski definition) is 3. The van der Waals surface area contributed by atoms with Crippen molar-refractivity contribution in [2.45, 2.75) is 0 Å². The van der Waals surface area contributed by atoms with Crippen molar-refractivity contribution < 1.29 is 4.79 Å². The van der Waals surface area contributed by atoms with Crippen LogP contribution in [0.4, 0.5) is 5.69 Å². The highest BCUT2D eigenvalue weighted by Crippen LogP contribution is 2.21. The van der Waals surface area contributed by atoms with Crippen LogP contribution in [0.3, 0.4) is 0 Å². The van der Waals surface area contributed by atoms with E-state index in [9.17, 15) is 4.79 Å². The highest BCUT2D eigenvalue weighted by molar-refractivity contribution is 6.01. The van der Waals surface area contributed by atoms with Gasteiger partial charge in [0.2, 0.25) is 0 Å². The van der Waals surface area contributed by atoms with Gasteiger partial charge in [-0.15, -0.1) is 0 Å². The molecule has 5 heteroatoms. The lowest BCUT2D eigenvalue weighted by atomic mass is 10.1. The van der Waals surface area contributed by atoms with E-state index in [1.54, 1.807) is 24.8 Å². The quantitative estimate of drug-likeness (QED) is 0.764.